The first-order valence-corrected chi connectivity index (χ1v) is 4.58. The van der Waals surface area contributed by atoms with Gasteiger partial charge in [-0.2, -0.15) is 0 Å². The van der Waals surface area contributed by atoms with Gasteiger partial charge < -0.3 is 20.9 Å². The van der Waals surface area contributed by atoms with E-state index in [2.05, 4.69) is 10.3 Å². The number of guanidine groups is 1. The van der Waals surface area contributed by atoms with Gasteiger partial charge in [0.15, 0.2) is 5.96 Å². The summed E-state index contributed by atoms with van der Waals surface area (Å²) in [7, 11) is 1.61. The molecule has 0 aliphatic carbocycles. The largest absolute Gasteiger partial charge is 0.497 e. The quantitative estimate of drug-likeness (QED) is 0.496. The van der Waals surface area contributed by atoms with Crippen molar-refractivity contribution in [3.63, 3.8) is 0 Å². The average molecular weight is 209 g/mol. The maximum absolute atomic E-state index is 8.54. The molecule has 0 amide bonds. The van der Waals surface area contributed by atoms with Gasteiger partial charge >= 0.3 is 0 Å². The second kappa shape index (κ2) is 5.87. The predicted molar refractivity (Wildman–Crippen MR) is 60.2 cm³/mol. The molecular formula is C10H15N3O2. The van der Waals surface area contributed by atoms with Crippen LogP contribution in [0.25, 0.3) is 0 Å². The maximum Gasteiger partial charge on any atom is 0.193 e. The summed E-state index contributed by atoms with van der Waals surface area (Å²) in [5.41, 5.74) is 6.39. The zero-order valence-electron chi connectivity index (χ0n) is 8.60. The number of anilines is 1. The molecule has 1 rings (SSSR count). The van der Waals surface area contributed by atoms with Crippen molar-refractivity contribution in [2.45, 2.75) is 0 Å². The number of nitrogens with one attached hydrogen (secondary N) is 1. The second-order valence-electron chi connectivity index (χ2n) is 2.84. The van der Waals surface area contributed by atoms with E-state index >= 15 is 0 Å². The first-order chi connectivity index (χ1) is 7.26. The Labute approximate surface area is 88.6 Å². The molecule has 5 nitrogen and oxygen atoms in total. The van der Waals surface area contributed by atoms with E-state index in [1.165, 1.54) is 0 Å². The number of hydrogen-bond acceptors (Lipinski definition) is 3. The summed E-state index contributed by atoms with van der Waals surface area (Å²) in [4.78, 5) is 3.88. The summed E-state index contributed by atoms with van der Waals surface area (Å²) >= 11 is 0. The third-order valence-electron chi connectivity index (χ3n) is 1.74. The smallest absolute Gasteiger partial charge is 0.193 e. The van der Waals surface area contributed by atoms with Gasteiger partial charge in [-0.25, -0.2) is 0 Å². The van der Waals surface area contributed by atoms with Crippen molar-refractivity contribution in [3.05, 3.63) is 24.3 Å². The van der Waals surface area contributed by atoms with Crippen LogP contribution in [-0.2, 0) is 0 Å². The number of aliphatic hydroxyl groups excluding tert-OH is 1. The van der Waals surface area contributed by atoms with E-state index in [0.717, 1.165) is 11.4 Å². The summed E-state index contributed by atoms with van der Waals surface area (Å²) in [6.45, 7) is 0.292. The molecule has 82 valence electrons. The molecule has 0 atom stereocenters. The van der Waals surface area contributed by atoms with Crippen LogP contribution in [0.3, 0.4) is 0 Å². The molecule has 5 heteroatoms. The Bertz CT molecular complexity index is 322. The molecule has 0 aliphatic heterocycles. The fraction of sp³-hybridized carbons (Fsp3) is 0.300. The number of nitrogens with zero attached hydrogens (tertiary/aromatic N) is 1. The first-order valence-electron chi connectivity index (χ1n) is 4.58. The first kappa shape index (κ1) is 11.3. The third-order valence-corrected chi connectivity index (χ3v) is 1.74. The van der Waals surface area contributed by atoms with Crippen LogP contribution in [0.4, 0.5) is 5.69 Å². The molecule has 0 heterocycles. The lowest BCUT2D eigenvalue weighted by Crippen LogP contribution is -2.23. The van der Waals surface area contributed by atoms with Crippen molar-refractivity contribution < 1.29 is 9.84 Å². The van der Waals surface area contributed by atoms with Gasteiger partial charge in [0, 0.05) is 5.69 Å². The van der Waals surface area contributed by atoms with Gasteiger partial charge in [-0.3, -0.25) is 4.99 Å². The van der Waals surface area contributed by atoms with Gasteiger partial charge in [0.25, 0.3) is 0 Å². The zero-order chi connectivity index (χ0) is 11.1. The molecule has 15 heavy (non-hydrogen) atoms. The number of aliphatic imine (C=N–C) groups is 1. The van der Waals surface area contributed by atoms with Crippen LogP contribution in [0.2, 0.25) is 0 Å². The van der Waals surface area contributed by atoms with E-state index in [4.69, 9.17) is 15.6 Å². The monoisotopic (exact) mass is 209 g/mol. The molecule has 0 bridgehead atoms. The molecule has 0 aliphatic rings. The minimum Gasteiger partial charge on any atom is -0.497 e. The fourth-order valence-electron chi connectivity index (χ4n) is 1.03. The van der Waals surface area contributed by atoms with Crippen molar-refractivity contribution in [3.8, 4) is 5.75 Å². The number of rotatable bonds is 4. The second-order valence-corrected chi connectivity index (χ2v) is 2.84. The van der Waals surface area contributed by atoms with Crippen LogP contribution >= 0.6 is 0 Å². The molecular weight excluding hydrogens is 194 g/mol. The normalized spacial score (nSPS) is 11.2. The summed E-state index contributed by atoms with van der Waals surface area (Å²) in [5, 5.41) is 11.4. The van der Waals surface area contributed by atoms with Crippen LogP contribution in [0.5, 0.6) is 5.75 Å². The minimum atomic E-state index is -0.00894. The SMILES string of the molecule is COc1ccc(NC(N)=NCCO)cc1. The van der Waals surface area contributed by atoms with Crippen molar-refractivity contribution in [2.75, 3.05) is 25.6 Å². The van der Waals surface area contributed by atoms with Gasteiger partial charge in [0.05, 0.1) is 20.3 Å². The van der Waals surface area contributed by atoms with E-state index in [1.54, 1.807) is 7.11 Å². The molecule has 0 aromatic heterocycles. The third kappa shape index (κ3) is 3.86. The van der Waals surface area contributed by atoms with E-state index in [1.807, 2.05) is 24.3 Å². The van der Waals surface area contributed by atoms with Crippen molar-refractivity contribution in [1.82, 2.24) is 0 Å². The summed E-state index contributed by atoms with van der Waals surface area (Å²) in [6, 6.07) is 7.31. The highest BCUT2D eigenvalue weighted by atomic mass is 16.5. The lowest BCUT2D eigenvalue weighted by Gasteiger charge is -2.06. The average Bonchev–Trinajstić information content (AvgIpc) is 2.27. The molecule has 0 fully saturated rings. The molecule has 1 aromatic carbocycles. The highest BCUT2D eigenvalue weighted by Gasteiger charge is 1.95. The van der Waals surface area contributed by atoms with Gasteiger partial charge in [-0.05, 0) is 24.3 Å². The van der Waals surface area contributed by atoms with E-state index < -0.39 is 0 Å². The lowest BCUT2D eigenvalue weighted by molar-refractivity contribution is 0.307. The predicted octanol–water partition coefficient (Wildman–Crippen LogP) is 0.414. The highest BCUT2D eigenvalue weighted by Crippen LogP contribution is 2.14. The standard InChI is InChI=1S/C10H15N3O2/c1-15-9-4-2-8(3-5-9)13-10(11)12-6-7-14/h2-5,14H,6-7H2,1H3,(H3,11,12,13). The Balaban J connectivity index is 2.57. The fourth-order valence-corrected chi connectivity index (χ4v) is 1.03. The van der Waals surface area contributed by atoms with Gasteiger partial charge in [-0.1, -0.05) is 0 Å². The van der Waals surface area contributed by atoms with E-state index in [-0.39, 0.29) is 12.6 Å². The Hall–Kier alpha value is -1.75. The number of ether oxygens (including phenoxy) is 1. The number of aliphatic hydroxyl groups is 1. The van der Waals surface area contributed by atoms with Crippen LogP contribution in [-0.4, -0.2) is 31.3 Å². The van der Waals surface area contributed by atoms with E-state index in [0.29, 0.717) is 6.54 Å². The van der Waals surface area contributed by atoms with Crippen LogP contribution in [0.15, 0.2) is 29.3 Å². The Morgan fingerprint density at radius 3 is 2.67 bits per heavy atom. The summed E-state index contributed by atoms with van der Waals surface area (Å²) in [5.74, 6) is 1.07. The zero-order valence-corrected chi connectivity index (χ0v) is 8.60. The Kier molecular flexibility index (Phi) is 4.43. The van der Waals surface area contributed by atoms with Crippen molar-refractivity contribution in [2.24, 2.45) is 10.7 Å². The Morgan fingerprint density at radius 1 is 1.47 bits per heavy atom. The molecule has 0 saturated heterocycles. The lowest BCUT2D eigenvalue weighted by atomic mass is 10.3. The minimum absolute atomic E-state index is 0.00894. The molecule has 0 radical (unpaired) electrons. The van der Waals surface area contributed by atoms with Crippen LogP contribution in [0, 0.1) is 0 Å². The summed E-state index contributed by atoms with van der Waals surface area (Å²) in [6.07, 6.45) is 0. The molecule has 4 N–H and O–H groups in total. The molecule has 0 spiro atoms. The van der Waals surface area contributed by atoms with Crippen molar-refractivity contribution in [1.29, 1.82) is 0 Å². The van der Waals surface area contributed by atoms with Gasteiger partial charge in [0.1, 0.15) is 5.75 Å². The number of hydrogen-bond donors (Lipinski definition) is 3. The van der Waals surface area contributed by atoms with Gasteiger partial charge in [0.2, 0.25) is 0 Å². The molecule has 0 saturated carbocycles. The van der Waals surface area contributed by atoms with Crippen molar-refractivity contribution >= 4 is 11.6 Å². The maximum atomic E-state index is 8.54. The van der Waals surface area contributed by atoms with Crippen LogP contribution < -0.4 is 15.8 Å². The highest BCUT2D eigenvalue weighted by molar-refractivity contribution is 5.92. The molecule has 1 aromatic rings. The van der Waals surface area contributed by atoms with Crippen LogP contribution in [0.1, 0.15) is 0 Å². The van der Waals surface area contributed by atoms with Gasteiger partial charge in [-0.15, -0.1) is 0 Å². The summed E-state index contributed by atoms with van der Waals surface area (Å²) < 4.78 is 5.02. The number of methoxy groups -OCH3 is 1. The van der Waals surface area contributed by atoms with E-state index in [9.17, 15) is 0 Å². The Morgan fingerprint density at radius 2 is 2.13 bits per heavy atom. The number of benzene rings is 1. The molecule has 0 unspecified atom stereocenters. The topological polar surface area (TPSA) is 79.9 Å². The number of nitrogens with two attached hydrogens (primary N) is 1.